The van der Waals surface area contributed by atoms with Crippen LogP contribution in [0, 0.1) is 0 Å². The van der Waals surface area contributed by atoms with Gasteiger partial charge in [-0.2, -0.15) is 0 Å². The van der Waals surface area contributed by atoms with Crippen LogP contribution in [0.15, 0.2) is 36.4 Å². The van der Waals surface area contributed by atoms with E-state index in [4.69, 9.17) is 0 Å². The summed E-state index contributed by atoms with van der Waals surface area (Å²) in [6.45, 7) is 0. The Balaban J connectivity index is 1.39. The molecule has 4 rings (SSSR count). The molecule has 0 atom stereocenters. The van der Waals surface area contributed by atoms with Crippen molar-refractivity contribution in [2.75, 3.05) is 11.1 Å². The van der Waals surface area contributed by atoms with Gasteiger partial charge in [-0.05, 0) is 79.2 Å². The van der Waals surface area contributed by atoms with Crippen LogP contribution in [0.25, 0.3) is 0 Å². The van der Waals surface area contributed by atoms with Crippen LogP contribution in [0.3, 0.4) is 0 Å². The van der Waals surface area contributed by atoms with Gasteiger partial charge < -0.3 is 5.32 Å². The van der Waals surface area contributed by atoms with Crippen LogP contribution < -0.4 is 10.0 Å². The Kier molecular flexibility index (Phi) is 5.40. The number of fused-ring (bicyclic) bond motifs is 2. The van der Waals surface area contributed by atoms with Crippen LogP contribution in [0.5, 0.6) is 0 Å². The summed E-state index contributed by atoms with van der Waals surface area (Å²) in [6.07, 6.45) is 7.29. The normalized spacial score (nSPS) is 15.1. The zero-order valence-electron chi connectivity index (χ0n) is 16.0. The summed E-state index contributed by atoms with van der Waals surface area (Å²) in [5, 5.41) is 2.88. The maximum Gasteiger partial charge on any atom is 0.332 e. The number of urea groups is 1. The van der Waals surface area contributed by atoms with Crippen molar-refractivity contribution in [3.05, 3.63) is 64.2 Å². The number of hydrogen-bond donors (Lipinski definition) is 2. The Hall–Kier alpha value is -2.34. The Morgan fingerprint density at radius 2 is 1.57 bits per heavy atom. The van der Waals surface area contributed by atoms with Crippen molar-refractivity contribution in [3.63, 3.8) is 0 Å². The van der Waals surface area contributed by atoms with Crippen molar-refractivity contribution >= 4 is 21.7 Å². The molecule has 0 aromatic heterocycles. The van der Waals surface area contributed by atoms with Gasteiger partial charge in [-0.1, -0.05) is 36.4 Å². The van der Waals surface area contributed by atoms with Gasteiger partial charge in [0.15, 0.2) is 0 Å². The van der Waals surface area contributed by atoms with Gasteiger partial charge >= 0.3 is 6.03 Å². The molecule has 0 fully saturated rings. The monoisotopic (exact) mass is 398 g/mol. The highest BCUT2D eigenvalue weighted by molar-refractivity contribution is 7.90. The fourth-order valence-corrected chi connectivity index (χ4v) is 5.37. The molecule has 2 amide bonds. The van der Waals surface area contributed by atoms with E-state index in [1.807, 2.05) is 30.3 Å². The molecule has 148 valence electrons. The van der Waals surface area contributed by atoms with E-state index in [0.29, 0.717) is 12.8 Å². The standard InChI is InChI=1S/C22H26N2O3S/c25-22(24-28(26,27)14-6-9-16-7-2-1-3-8-16)23-21-19-12-4-10-17(19)15-18-11-5-13-20(18)21/h1-3,7-8,15H,4-6,9-14H2,(H2,23,24,25). The lowest BCUT2D eigenvalue weighted by Crippen LogP contribution is -2.36. The average molecular weight is 399 g/mol. The minimum Gasteiger partial charge on any atom is -0.307 e. The smallest absolute Gasteiger partial charge is 0.307 e. The van der Waals surface area contributed by atoms with E-state index < -0.39 is 16.1 Å². The quantitative estimate of drug-likeness (QED) is 0.778. The number of hydrogen-bond acceptors (Lipinski definition) is 3. The summed E-state index contributed by atoms with van der Waals surface area (Å²) in [5.41, 5.74) is 6.95. The molecule has 6 heteroatoms. The first kappa shape index (κ1) is 19.0. The molecule has 28 heavy (non-hydrogen) atoms. The number of nitrogens with one attached hydrogen (secondary N) is 2. The van der Waals surface area contributed by atoms with E-state index in [2.05, 4.69) is 16.1 Å². The molecule has 0 spiro atoms. The van der Waals surface area contributed by atoms with Crippen molar-refractivity contribution in [1.29, 1.82) is 0 Å². The predicted octanol–water partition coefficient (Wildman–Crippen LogP) is 3.75. The second-order valence-corrected chi connectivity index (χ2v) is 9.54. The van der Waals surface area contributed by atoms with Gasteiger partial charge in [0.1, 0.15) is 0 Å². The maximum atomic E-state index is 12.5. The number of benzene rings is 2. The van der Waals surface area contributed by atoms with E-state index in [1.165, 1.54) is 22.3 Å². The molecule has 0 aliphatic heterocycles. The lowest BCUT2D eigenvalue weighted by molar-refractivity contribution is 0.256. The first-order valence-electron chi connectivity index (χ1n) is 10.0. The van der Waals surface area contributed by atoms with Crippen molar-refractivity contribution in [3.8, 4) is 0 Å². The molecule has 5 nitrogen and oxygen atoms in total. The highest BCUT2D eigenvalue weighted by atomic mass is 32.2. The molecule has 0 saturated heterocycles. The zero-order valence-corrected chi connectivity index (χ0v) is 16.8. The van der Waals surface area contributed by atoms with E-state index >= 15 is 0 Å². The number of sulfonamides is 1. The fourth-order valence-electron chi connectivity index (χ4n) is 4.41. The molecule has 0 unspecified atom stereocenters. The largest absolute Gasteiger partial charge is 0.332 e. The summed E-state index contributed by atoms with van der Waals surface area (Å²) < 4.78 is 26.8. The third kappa shape index (κ3) is 4.22. The van der Waals surface area contributed by atoms with Gasteiger partial charge in [-0.3, -0.25) is 0 Å². The van der Waals surface area contributed by atoms with Crippen LogP contribution in [0.1, 0.15) is 47.1 Å². The number of carbonyl (C=O) groups is 1. The van der Waals surface area contributed by atoms with Crippen LogP contribution >= 0.6 is 0 Å². The lowest BCUT2D eigenvalue weighted by atomic mass is 9.99. The van der Waals surface area contributed by atoms with Gasteiger partial charge in [0, 0.05) is 5.69 Å². The fraction of sp³-hybridized carbons (Fsp3) is 0.409. The second-order valence-electron chi connectivity index (χ2n) is 7.70. The molecule has 0 saturated carbocycles. The summed E-state index contributed by atoms with van der Waals surface area (Å²) >= 11 is 0. The van der Waals surface area contributed by atoms with Crippen LogP contribution in [-0.4, -0.2) is 20.2 Å². The van der Waals surface area contributed by atoms with Gasteiger partial charge in [-0.15, -0.1) is 0 Å². The lowest BCUT2D eigenvalue weighted by Gasteiger charge is -2.16. The average Bonchev–Trinajstić information content (AvgIpc) is 3.31. The molecular weight excluding hydrogens is 372 g/mol. The Morgan fingerprint density at radius 3 is 2.21 bits per heavy atom. The number of anilines is 1. The molecule has 2 aliphatic carbocycles. The zero-order chi connectivity index (χ0) is 19.6. The van der Waals surface area contributed by atoms with Crippen molar-refractivity contribution in [2.45, 2.75) is 51.4 Å². The predicted molar refractivity (Wildman–Crippen MR) is 111 cm³/mol. The van der Waals surface area contributed by atoms with Crippen molar-refractivity contribution < 1.29 is 13.2 Å². The molecular formula is C22H26N2O3S. The molecule has 0 heterocycles. The van der Waals surface area contributed by atoms with E-state index in [1.54, 1.807) is 0 Å². The van der Waals surface area contributed by atoms with Crippen LogP contribution in [0.2, 0.25) is 0 Å². The van der Waals surface area contributed by atoms with E-state index in [-0.39, 0.29) is 5.75 Å². The number of amides is 2. The second kappa shape index (κ2) is 7.95. The summed E-state index contributed by atoms with van der Waals surface area (Å²) in [6, 6.07) is 11.4. The van der Waals surface area contributed by atoms with Crippen LogP contribution in [0.4, 0.5) is 10.5 Å². The summed E-state index contributed by atoms with van der Waals surface area (Å²) in [4.78, 5) is 12.5. The topological polar surface area (TPSA) is 75.3 Å². The third-order valence-corrected chi connectivity index (χ3v) is 7.00. The van der Waals surface area contributed by atoms with Crippen molar-refractivity contribution in [2.24, 2.45) is 0 Å². The number of rotatable bonds is 6. The molecule has 2 aliphatic rings. The van der Waals surface area contributed by atoms with Gasteiger partial charge in [0.2, 0.25) is 10.0 Å². The Labute approximate surface area is 166 Å². The van der Waals surface area contributed by atoms with Gasteiger partial charge in [0.05, 0.1) is 5.75 Å². The number of aryl methyl sites for hydroxylation is 3. The first-order chi connectivity index (χ1) is 13.5. The van der Waals surface area contributed by atoms with Gasteiger partial charge in [0.25, 0.3) is 0 Å². The molecule has 2 N–H and O–H groups in total. The minimum absolute atomic E-state index is 0.0691. The maximum absolute atomic E-state index is 12.5. The van der Waals surface area contributed by atoms with Crippen molar-refractivity contribution in [1.82, 2.24) is 4.72 Å². The molecule has 0 radical (unpaired) electrons. The summed E-state index contributed by atoms with van der Waals surface area (Å²) in [7, 11) is -3.66. The Morgan fingerprint density at radius 1 is 0.929 bits per heavy atom. The van der Waals surface area contributed by atoms with E-state index in [9.17, 15) is 13.2 Å². The highest BCUT2D eigenvalue weighted by Crippen LogP contribution is 2.38. The third-order valence-electron chi connectivity index (χ3n) is 5.68. The summed E-state index contributed by atoms with van der Waals surface area (Å²) in [5.74, 6) is -0.0691. The SMILES string of the molecule is O=C(Nc1c2c(cc3c1CCC3)CCC2)NS(=O)(=O)CCCc1ccccc1. The number of carbonyl (C=O) groups excluding carboxylic acids is 1. The molecule has 2 aromatic carbocycles. The first-order valence-corrected chi connectivity index (χ1v) is 11.7. The Bertz CT molecular complexity index is 952. The minimum atomic E-state index is -3.66. The van der Waals surface area contributed by atoms with Crippen LogP contribution in [-0.2, 0) is 42.1 Å². The molecule has 2 aromatic rings. The van der Waals surface area contributed by atoms with Gasteiger partial charge in [-0.25, -0.2) is 17.9 Å². The molecule has 0 bridgehead atoms. The van der Waals surface area contributed by atoms with E-state index in [0.717, 1.165) is 49.8 Å². The highest BCUT2D eigenvalue weighted by Gasteiger charge is 2.25.